The van der Waals surface area contributed by atoms with Gasteiger partial charge in [-0.05, 0) is 25.0 Å². The van der Waals surface area contributed by atoms with Crippen LogP contribution < -0.4 is 0 Å². The van der Waals surface area contributed by atoms with Crippen LogP contribution in [-0.4, -0.2) is 36.0 Å². The third-order valence-corrected chi connectivity index (χ3v) is 3.59. The van der Waals surface area contributed by atoms with Crippen LogP contribution >= 0.6 is 0 Å². The minimum Gasteiger partial charge on any atom is -0.381 e. The van der Waals surface area contributed by atoms with Crippen molar-refractivity contribution in [3.05, 3.63) is 35.4 Å². The zero-order valence-corrected chi connectivity index (χ0v) is 9.55. The van der Waals surface area contributed by atoms with Gasteiger partial charge in [0.1, 0.15) is 0 Å². The van der Waals surface area contributed by atoms with E-state index in [1.54, 1.807) is 31.4 Å². The normalized spacial score (nSPS) is 27.0. The topological polar surface area (TPSA) is 46.6 Å². The number of carbonyl (C=O) groups excluding carboxylic acids is 2. The van der Waals surface area contributed by atoms with Gasteiger partial charge in [-0.2, -0.15) is 0 Å². The van der Waals surface area contributed by atoms with Gasteiger partial charge in [-0.15, -0.1) is 0 Å². The zero-order valence-electron chi connectivity index (χ0n) is 9.55. The third kappa shape index (κ3) is 1.41. The van der Waals surface area contributed by atoms with E-state index in [0.29, 0.717) is 11.1 Å². The summed E-state index contributed by atoms with van der Waals surface area (Å²) in [5.74, 6) is -0.324. The maximum absolute atomic E-state index is 12.1. The van der Waals surface area contributed by atoms with Crippen LogP contribution in [-0.2, 0) is 4.74 Å². The number of hydrogen-bond acceptors (Lipinski definition) is 3. The minimum atomic E-state index is -0.162. The minimum absolute atomic E-state index is 0.00681. The second kappa shape index (κ2) is 3.67. The summed E-state index contributed by atoms with van der Waals surface area (Å²) in [6, 6.07) is 7.00. The van der Waals surface area contributed by atoms with Gasteiger partial charge < -0.3 is 4.74 Å². The molecular formula is C13H13NO3. The molecule has 0 N–H and O–H groups in total. The first kappa shape index (κ1) is 10.5. The van der Waals surface area contributed by atoms with Gasteiger partial charge in [0.25, 0.3) is 11.8 Å². The largest absolute Gasteiger partial charge is 0.381 e. The number of hydrogen-bond donors (Lipinski definition) is 0. The molecule has 2 aliphatic rings. The maximum atomic E-state index is 12.1. The zero-order chi connectivity index (χ0) is 12.0. The quantitative estimate of drug-likeness (QED) is 0.724. The maximum Gasteiger partial charge on any atom is 0.261 e. The highest BCUT2D eigenvalue weighted by Crippen LogP contribution is 2.34. The second-order valence-corrected chi connectivity index (χ2v) is 4.51. The molecule has 17 heavy (non-hydrogen) atoms. The van der Waals surface area contributed by atoms with Crippen LogP contribution in [0, 0.1) is 0 Å². The van der Waals surface area contributed by atoms with Gasteiger partial charge in [-0.1, -0.05) is 12.1 Å². The summed E-state index contributed by atoms with van der Waals surface area (Å²) in [4.78, 5) is 25.6. The fraction of sp³-hybridized carbons (Fsp3) is 0.385. The van der Waals surface area contributed by atoms with Crippen LogP contribution in [0.2, 0.25) is 0 Å². The van der Waals surface area contributed by atoms with Crippen molar-refractivity contribution in [1.29, 1.82) is 0 Å². The van der Waals surface area contributed by atoms with Crippen LogP contribution in [0.25, 0.3) is 0 Å². The number of fused-ring (bicyclic) bond motifs is 1. The monoisotopic (exact) mass is 231 g/mol. The summed E-state index contributed by atoms with van der Waals surface area (Å²) in [5, 5.41) is 0. The Kier molecular flexibility index (Phi) is 2.26. The average Bonchev–Trinajstić information content (AvgIpc) is 2.54. The summed E-state index contributed by atoms with van der Waals surface area (Å²) in [6.07, 6.45) is 1.69. The summed E-state index contributed by atoms with van der Waals surface area (Å²) in [6.45, 7) is 0. The number of benzene rings is 1. The number of imide groups is 1. The molecule has 0 atom stereocenters. The Morgan fingerprint density at radius 2 is 1.65 bits per heavy atom. The van der Waals surface area contributed by atoms with Gasteiger partial charge in [0.15, 0.2) is 0 Å². The van der Waals surface area contributed by atoms with E-state index in [4.69, 9.17) is 4.74 Å². The molecule has 0 bridgehead atoms. The van der Waals surface area contributed by atoms with Crippen LogP contribution in [0.4, 0.5) is 0 Å². The fourth-order valence-corrected chi connectivity index (χ4v) is 2.48. The standard InChI is InChI=1S/C13H13NO3/c1-17-9-6-8(7-9)14-12(15)10-4-2-3-5-11(10)13(14)16/h2-5,8-9H,6-7H2,1H3/t8-,9-. The number of rotatable bonds is 2. The molecule has 2 amide bonds. The molecule has 4 nitrogen and oxygen atoms in total. The Morgan fingerprint density at radius 1 is 1.12 bits per heavy atom. The lowest BCUT2D eigenvalue weighted by Gasteiger charge is -2.38. The smallest absolute Gasteiger partial charge is 0.261 e. The van der Waals surface area contributed by atoms with Gasteiger partial charge in [-0.25, -0.2) is 0 Å². The van der Waals surface area contributed by atoms with Crippen molar-refractivity contribution in [3.8, 4) is 0 Å². The second-order valence-electron chi connectivity index (χ2n) is 4.51. The molecule has 88 valence electrons. The number of carbonyl (C=O) groups is 2. The molecule has 0 saturated heterocycles. The van der Waals surface area contributed by atoms with Gasteiger partial charge in [0.05, 0.1) is 17.2 Å². The number of amides is 2. The van der Waals surface area contributed by atoms with Crippen molar-refractivity contribution in [1.82, 2.24) is 4.90 Å². The Morgan fingerprint density at radius 3 is 2.12 bits per heavy atom. The summed E-state index contributed by atoms with van der Waals surface area (Å²) in [5.41, 5.74) is 1.05. The molecule has 1 aromatic rings. The summed E-state index contributed by atoms with van der Waals surface area (Å²) in [7, 11) is 1.66. The molecule has 0 aromatic heterocycles. The predicted molar refractivity (Wildman–Crippen MR) is 60.8 cm³/mol. The van der Waals surface area contributed by atoms with Crippen LogP contribution in [0.5, 0.6) is 0 Å². The van der Waals surface area contributed by atoms with Crippen LogP contribution in [0.3, 0.4) is 0 Å². The predicted octanol–water partition coefficient (Wildman–Crippen LogP) is 1.46. The van der Waals surface area contributed by atoms with E-state index < -0.39 is 0 Å². The van der Waals surface area contributed by atoms with E-state index in [9.17, 15) is 9.59 Å². The van der Waals surface area contributed by atoms with E-state index in [1.165, 1.54) is 4.90 Å². The average molecular weight is 231 g/mol. The molecule has 4 heteroatoms. The number of ether oxygens (including phenoxy) is 1. The Bertz CT molecular complexity index is 456. The Balaban J connectivity index is 1.86. The summed E-state index contributed by atoms with van der Waals surface area (Å²) < 4.78 is 5.17. The molecule has 0 spiro atoms. The molecular weight excluding hydrogens is 218 g/mol. The van der Waals surface area contributed by atoms with Crippen LogP contribution in [0.1, 0.15) is 33.6 Å². The molecule has 1 aliphatic carbocycles. The Labute approximate surface area is 99.2 Å². The van der Waals surface area contributed by atoms with E-state index in [-0.39, 0.29) is 24.0 Å². The van der Waals surface area contributed by atoms with Crippen molar-refractivity contribution in [3.63, 3.8) is 0 Å². The van der Waals surface area contributed by atoms with Crippen molar-refractivity contribution >= 4 is 11.8 Å². The number of methoxy groups -OCH3 is 1. The van der Waals surface area contributed by atoms with Gasteiger partial charge in [0, 0.05) is 13.2 Å². The van der Waals surface area contributed by atoms with Crippen LogP contribution in [0.15, 0.2) is 24.3 Å². The van der Waals surface area contributed by atoms with E-state index >= 15 is 0 Å². The molecule has 1 aromatic carbocycles. The van der Waals surface area contributed by atoms with Crippen molar-refractivity contribution < 1.29 is 14.3 Å². The summed E-state index contributed by atoms with van der Waals surface area (Å²) >= 11 is 0. The highest BCUT2D eigenvalue weighted by molar-refractivity contribution is 6.21. The molecule has 0 unspecified atom stereocenters. The fourth-order valence-electron chi connectivity index (χ4n) is 2.48. The van der Waals surface area contributed by atoms with E-state index in [1.807, 2.05) is 0 Å². The van der Waals surface area contributed by atoms with E-state index in [2.05, 4.69) is 0 Å². The molecule has 1 saturated carbocycles. The molecule has 3 rings (SSSR count). The highest BCUT2D eigenvalue weighted by atomic mass is 16.5. The molecule has 1 aliphatic heterocycles. The first-order valence-electron chi connectivity index (χ1n) is 5.72. The highest BCUT2D eigenvalue weighted by Gasteiger charge is 2.44. The van der Waals surface area contributed by atoms with Gasteiger partial charge in [0.2, 0.25) is 0 Å². The SMILES string of the molecule is CO[C@H]1C[C@H](N2C(=O)c3ccccc3C2=O)C1. The third-order valence-electron chi connectivity index (χ3n) is 3.59. The first-order chi connectivity index (χ1) is 8.22. The molecule has 1 heterocycles. The lowest BCUT2D eigenvalue weighted by molar-refractivity contribution is -0.0142. The molecule has 0 radical (unpaired) electrons. The van der Waals surface area contributed by atoms with Crippen molar-refractivity contribution in [2.24, 2.45) is 0 Å². The lowest BCUT2D eigenvalue weighted by atomic mass is 9.88. The first-order valence-corrected chi connectivity index (χ1v) is 5.72. The van der Waals surface area contributed by atoms with Gasteiger partial charge >= 0.3 is 0 Å². The van der Waals surface area contributed by atoms with Crippen molar-refractivity contribution in [2.45, 2.75) is 25.0 Å². The van der Waals surface area contributed by atoms with Gasteiger partial charge in [-0.3, -0.25) is 14.5 Å². The lowest BCUT2D eigenvalue weighted by Crippen LogP contribution is -2.50. The van der Waals surface area contributed by atoms with E-state index in [0.717, 1.165) is 12.8 Å². The van der Waals surface area contributed by atoms with Crippen molar-refractivity contribution in [2.75, 3.05) is 7.11 Å². The molecule has 1 fully saturated rings. The Hall–Kier alpha value is -1.68. The number of nitrogens with zero attached hydrogens (tertiary/aromatic N) is 1.